The smallest absolute Gasteiger partial charge is 0.459 e. The van der Waals surface area contributed by atoms with Crippen molar-refractivity contribution in [3.8, 4) is 5.75 Å². The van der Waals surface area contributed by atoms with E-state index in [-0.39, 0.29) is 30.9 Å². The zero-order valence-corrected chi connectivity index (χ0v) is 21.9. The molecule has 2 saturated heterocycles. The molecule has 2 aliphatic rings. The predicted octanol–water partition coefficient (Wildman–Crippen LogP) is 1.57. The average molecular weight is 548 g/mol. The lowest BCUT2D eigenvalue weighted by Gasteiger charge is -2.32. The quantitative estimate of drug-likeness (QED) is 0.245. The van der Waals surface area contributed by atoms with E-state index in [1.165, 1.54) is 19.6 Å². The first-order valence-electron chi connectivity index (χ1n) is 12.0. The minimum absolute atomic E-state index is 0.0324. The fourth-order valence-electron chi connectivity index (χ4n) is 4.32. The van der Waals surface area contributed by atoms with Crippen molar-refractivity contribution in [1.29, 1.82) is 0 Å². The second kappa shape index (κ2) is 10.2. The van der Waals surface area contributed by atoms with Crippen LogP contribution in [0.25, 0.3) is 11.2 Å². The van der Waals surface area contributed by atoms with Crippen molar-refractivity contribution < 1.29 is 37.7 Å². The van der Waals surface area contributed by atoms with E-state index in [2.05, 4.69) is 20.0 Å². The largest absolute Gasteiger partial charge is 0.462 e. The number of nitrogens with one attached hydrogen (secondary N) is 1. The molecular weight excluding hydrogens is 519 g/mol. The SMILES string of the molecule is CC(C)OC(=O)C(C)NP(=O)(OCC12CO[C@@H](C(n3cnc4c(N)ncnc43)O1)[C@@H]2O)Oc1ccccc1. The Bertz CT molecular complexity index is 1360. The number of benzene rings is 1. The van der Waals surface area contributed by atoms with Gasteiger partial charge in [-0.15, -0.1) is 0 Å². The van der Waals surface area contributed by atoms with E-state index in [9.17, 15) is 14.5 Å². The Balaban J connectivity index is 1.36. The fourth-order valence-corrected chi connectivity index (χ4v) is 5.87. The molecule has 0 spiro atoms. The maximum Gasteiger partial charge on any atom is 0.459 e. The number of fused-ring (bicyclic) bond motifs is 3. The number of anilines is 1. The van der Waals surface area contributed by atoms with E-state index < -0.39 is 43.8 Å². The van der Waals surface area contributed by atoms with Gasteiger partial charge in [-0.25, -0.2) is 19.5 Å². The van der Waals surface area contributed by atoms with Crippen LogP contribution in [0.1, 0.15) is 27.0 Å². The van der Waals surface area contributed by atoms with Crippen LogP contribution in [0.4, 0.5) is 5.82 Å². The Morgan fingerprint density at radius 1 is 1.29 bits per heavy atom. The molecular formula is C23H29N6O8P. The molecule has 5 rings (SSSR count). The number of aromatic nitrogens is 4. The maximum atomic E-state index is 13.9. The molecule has 0 aliphatic carbocycles. The number of para-hydroxylation sites is 1. The number of hydrogen-bond acceptors (Lipinski definition) is 12. The number of aliphatic hydroxyl groups excluding tert-OH is 1. The first-order valence-corrected chi connectivity index (χ1v) is 13.5. The predicted molar refractivity (Wildman–Crippen MR) is 133 cm³/mol. The molecule has 38 heavy (non-hydrogen) atoms. The lowest BCUT2D eigenvalue weighted by molar-refractivity contribution is -0.183. The zero-order chi connectivity index (χ0) is 27.1. The number of carbonyl (C=O) groups is 1. The lowest BCUT2D eigenvalue weighted by atomic mass is 10.0. The highest BCUT2D eigenvalue weighted by atomic mass is 31.2. The third kappa shape index (κ3) is 4.98. The average Bonchev–Trinajstić information content (AvgIpc) is 3.53. The molecule has 15 heteroatoms. The molecule has 4 N–H and O–H groups in total. The summed E-state index contributed by atoms with van der Waals surface area (Å²) in [6.07, 6.45) is -0.338. The first kappa shape index (κ1) is 26.5. The van der Waals surface area contributed by atoms with Crippen molar-refractivity contribution in [2.75, 3.05) is 18.9 Å². The molecule has 4 unspecified atom stereocenters. The molecule has 0 saturated carbocycles. The van der Waals surface area contributed by atoms with Gasteiger partial charge in [0.25, 0.3) is 0 Å². The van der Waals surface area contributed by atoms with E-state index in [1.807, 2.05) is 0 Å². The minimum atomic E-state index is -4.19. The molecule has 204 valence electrons. The second-order valence-corrected chi connectivity index (χ2v) is 11.1. The topological polar surface area (TPSA) is 182 Å². The standard InChI is InChI=1S/C23H29N6O8P/c1-13(2)35-22(31)14(3)28-38(32,37-15-7-5-4-6-8-15)34-10-23-9-33-17(18(23)30)21(36-23)29-12-27-16-19(24)25-11-26-20(16)29/h4-8,11-14,17-18,21,30H,9-10H2,1-3H3,(H,28,32)(H2,24,25,26)/t14?,17-,18+,21?,23?,38?/m1/s1. The highest BCUT2D eigenvalue weighted by molar-refractivity contribution is 7.52. The Labute approximate surface area is 218 Å². The van der Waals surface area contributed by atoms with Crippen LogP contribution < -0.4 is 15.3 Å². The summed E-state index contributed by atoms with van der Waals surface area (Å²) in [5, 5.41) is 13.7. The number of ether oxygens (including phenoxy) is 3. The number of nitrogens with zero attached hydrogens (tertiary/aromatic N) is 4. The number of hydrogen-bond donors (Lipinski definition) is 3. The van der Waals surface area contributed by atoms with Crippen molar-refractivity contribution in [2.45, 2.75) is 57.0 Å². The molecule has 0 radical (unpaired) electrons. The van der Waals surface area contributed by atoms with Gasteiger partial charge in [-0.3, -0.25) is 13.9 Å². The van der Waals surface area contributed by atoms with Crippen LogP contribution in [-0.4, -0.2) is 73.8 Å². The van der Waals surface area contributed by atoms with E-state index in [0.717, 1.165) is 0 Å². The number of nitrogen functional groups attached to an aromatic ring is 1. The normalized spacial score (nSPS) is 26.9. The van der Waals surface area contributed by atoms with Crippen molar-refractivity contribution in [2.24, 2.45) is 0 Å². The Morgan fingerprint density at radius 3 is 2.79 bits per heavy atom. The molecule has 2 aromatic heterocycles. The summed E-state index contributed by atoms with van der Waals surface area (Å²) in [5.41, 5.74) is 5.29. The number of imidazole rings is 1. The summed E-state index contributed by atoms with van der Waals surface area (Å²) in [4.78, 5) is 24.8. The van der Waals surface area contributed by atoms with Gasteiger partial charge >= 0.3 is 13.7 Å². The van der Waals surface area contributed by atoms with E-state index >= 15 is 0 Å². The van der Waals surface area contributed by atoms with Crippen LogP contribution in [0.15, 0.2) is 43.0 Å². The molecule has 2 aliphatic heterocycles. The Morgan fingerprint density at radius 2 is 2.05 bits per heavy atom. The highest BCUT2D eigenvalue weighted by Gasteiger charge is 2.63. The molecule has 3 aromatic rings. The monoisotopic (exact) mass is 548 g/mol. The van der Waals surface area contributed by atoms with Gasteiger partial charge in [-0.1, -0.05) is 18.2 Å². The third-order valence-electron chi connectivity index (χ3n) is 6.17. The van der Waals surface area contributed by atoms with Crippen LogP contribution in [-0.2, 0) is 28.1 Å². The van der Waals surface area contributed by atoms with Crippen molar-refractivity contribution >= 4 is 30.7 Å². The van der Waals surface area contributed by atoms with Gasteiger partial charge in [0.15, 0.2) is 17.7 Å². The third-order valence-corrected chi connectivity index (χ3v) is 7.80. The van der Waals surface area contributed by atoms with Crippen molar-refractivity contribution in [1.82, 2.24) is 24.6 Å². The lowest BCUT2D eigenvalue weighted by Crippen LogP contribution is -2.46. The minimum Gasteiger partial charge on any atom is -0.462 e. The summed E-state index contributed by atoms with van der Waals surface area (Å²) in [7, 11) is -4.19. The molecule has 1 aromatic carbocycles. The summed E-state index contributed by atoms with van der Waals surface area (Å²) in [6, 6.07) is 7.33. The fraction of sp³-hybridized carbons (Fsp3) is 0.478. The highest BCUT2D eigenvalue weighted by Crippen LogP contribution is 2.50. The van der Waals surface area contributed by atoms with Gasteiger partial charge in [0.05, 0.1) is 25.6 Å². The summed E-state index contributed by atoms with van der Waals surface area (Å²) < 4.78 is 44.2. The van der Waals surface area contributed by atoms with Crippen molar-refractivity contribution in [3.05, 3.63) is 43.0 Å². The Kier molecular flexibility index (Phi) is 7.11. The van der Waals surface area contributed by atoms with Gasteiger partial charge in [0.1, 0.15) is 41.4 Å². The Hall–Kier alpha value is -3.13. The van der Waals surface area contributed by atoms with Gasteiger partial charge < -0.3 is 29.6 Å². The number of nitrogens with two attached hydrogens (primary N) is 1. The van der Waals surface area contributed by atoms with E-state index in [1.54, 1.807) is 48.7 Å². The summed E-state index contributed by atoms with van der Waals surface area (Å²) in [6.45, 7) is 4.48. The van der Waals surface area contributed by atoms with E-state index in [0.29, 0.717) is 11.2 Å². The van der Waals surface area contributed by atoms with Crippen molar-refractivity contribution in [3.63, 3.8) is 0 Å². The van der Waals surface area contributed by atoms with Gasteiger partial charge in [0.2, 0.25) is 0 Å². The molecule has 2 bridgehead atoms. The molecule has 14 nitrogen and oxygen atoms in total. The molecule has 0 amide bonds. The van der Waals surface area contributed by atoms with Crippen LogP contribution in [0.2, 0.25) is 0 Å². The maximum absolute atomic E-state index is 13.9. The van der Waals surface area contributed by atoms with Crippen LogP contribution in [0.3, 0.4) is 0 Å². The van der Waals surface area contributed by atoms with Gasteiger partial charge in [-0.2, -0.15) is 5.09 Å². The van der Waals surface area contributed by atoms with Gasteiger partial charge in [-0.05, 0) is 32.9 Å². The van der Waals surface area contributed by atoms with Gasteiger partial charge in [0, 0.05) is 0 Å². The number of aliphatic hydroxyl groups is 1. The molecule has 4 heterocycles. The summed E-state index contributed by atoms with van der Waals surface area (Å²) in [5.74, 6) is -0.182. The second-order valence-electron chi connectivity index (χ2n) is 9.39. The van der Waals surface area contributed by atoms with Crippen LogP contribution in [0, 0.1) is 0 Å². The van der Waals surface area contributed by atoms with E-state index in [4.69, 9.17) is 29.0 Å². The molecule has 6 atom stereocenters. The first-order chi connectivity index (χ1) is 18.1. The van der Waals surface area contributed by atoms with Crippen LogP contribution in [0.5, 0.6) is 5.75 Å². The number of esters is 1. The summed E-state index contributed by atoms with van der Waals surface area (Å²) >= 11 is 0. The number of rotatable bonds is 10. The molecule has 2 fully saturated rings. The van der Waals surface area contributed by atoms with Crippen LogP contribution >= 0.6 is 7.75 Å². The number of carbonyl (C=O) groups excluding carboxylic acids is 1. The zero-order valence-electron chi connectivity index (χ0n) is 21.0.